The van der Waals surface area contributed by atoms with Crippen molar-refractivity contribution in [1.29, 1.82) is 0 Å². The summed E-state index contributed by atoms with van der Waals surface area (Å²) in [6, 6.07) is 9.83. The van der Waals surface area contributed by atoms with Gasteiger partial charge in [-0.05, 0) is 25.0 Å². The number of hydrogen-bond donors (Lipinski definition) is 1. The molecule has 1 N–H and O–H groups in total. The second kappa shape index (κ2) is 4.36. The third kappa shape index (κ3) is 1.99. The predicted molar refractivity (Wildman–Crippen MR) is 69.2 cm³/mol. The SMILES string of the molecule is Oc1cc2ccccc2nc1C1CCCCC1. The van der Waals surface area contributed by atoms with Crippen molar-refractivity contribution in [3.63, 3.8) is 0 Å². The molecule has 0 bridgehead atoms. The Bertz CT molecular complexity index is 529. The van der Waals surface area contributed by atoms with Crippen molar-refractivity contribution in [1.82, 2.24) is 4.98 Å². The van der Waals surface area contributed by atoms with Crippen molar-refractivity contribution >= 4 is 10.9 Å². The molecule has 3 rings (SSSR count). The number of rotatable bonds is 1. The Morgan fingerprint density at radius 2 is 1.82 bits per heavy atom. The van der Waals surface area contributed by atoms with Gasteiger partial charge in [0, 0.05) is 11.3 Å². The maximum Gasteiger partial charge on any atom is 0.138 e. The summed E-state index contributed by atoms with van der Waals surface area (Å²) in [5.74, 6) is 0.823. The summed E-state index contributed by atoms with van der Waals surface area (Å²) >= 11 is 0. The van der Waals surface area contributed by atoms with Gasteiger partial charge in [-0.15, -0.1) is 0 Å². The first-order valence-corrected chi connectivity index (χ1v) is 6.43. The van der Waals surface area contributed by atoms with Gasteiger partial charge in [0.25, 0.3) is 0 Å². The molecular weight excluding hydrogens is 210 g/mol. The predicted octanol–water partition coefficient (Wildman–Crippen LogP) is 3.99. The zero-order valence-corrected chi connectivity index (χ0v) is 9.89. The van der Waals surface area contributed by atoms with Gasteiger partial charge < -0.3 is 5.11 Å². The zero-order chi connectivity index (χ0) is 11.7. The largest absolute Gasteiger partial charge is 0.506 e. The Morgan fingerprint density at radius 3 is 2.65 bits per heavy atom. The van der Waals surface area contributed by atoms with E-state index in [9.17, 15) is 5.11 Å². The second-order valence-electron chi connectivity index (χ2n) is 4.92. The van der Waals surface area contributed by atoms with Gasteiger partial charge >= 0.3 is 0 Å². The van der Waals surface area contributed by atoms with Crippen LogP contribution in [0.4, 0.5) is 0 Å². The van der Waals surface area contributed by atoms with Crippen LogP contribution in [0.15, 0.2) is 30.3 Å². The van der Waals surface area contributed by atoms with Gasteiger partial charge in [0.05, 0.1) is 11.2 Å². The summed E-state index contributed by atoms with van der Waals surface area (Å²) in [6.45, 7) is 0. The van der Waals surface area contributed by atoms with Gasteiger partial charge in [-0.25, -0.2) is 4.98 Å². The Kier molecular flexibility index (Phi) is 2.71. The fraction of sp³-hybridized carbons (Fsp3) is 0.400. The quantitative estimate of drug-likeness (QED) is 0.799. The summed E-state index contributed by atoms with van der Waals surface area (Å²) in [5.41, 5.74) is 1.90. The van der Waals surface area contributed by atoms with Crippen LogP contribution in [0.1, 0.15) is 43.7 Å². The highest BCUT2D eigenvalue weighted by Crippen LogP contribution is 2.36. The van der Waals surface area contributed by atoms with Gasteiger partial charge in [-0.1, -0.05) is 37.5 Å². The lowest BCUT2D eigenvalue weighted by Crippen LogP contribution is -2.06. The van der Waals surface area contributed by atoms with E-state index >= 15 is 0 Å². The molecule has 88 valence electrons. The van der Waals surface area contributed by atoms with Gasteiger partial charge in [-0.2, -0.15) is 0 Å². The van der Waals surface area contributed by atoms with Crippen molar-refractivity contribution in [3.8, 4) is 5.75 Å². The van der Waals surface area contributed by atoms with Crippen molar-refractivity contribution in [2.24, 2.45) is 0 Å². The van der Waals surface area contributed by atoms with Crippen LogP contribution < -0.4 is 0 Å². The number of hydrogen-bond acceptors (Lipinski definition) is 2. The van der Waals surface area contributed by atoms with Crippen LogP contribution in [0.3, 0.4) is 0 Å². The molecule has 1 aromatic carbocycles. The van der Waals surface area contributed by atoms with Crippen molar-refractivity contribution in [2.75, 3.05) is 0 Å². The van der Waals surface area contributed by atoms with E-state index in [1.165, 1.54) is 32.1 Å². The van der Waals surface area contributed by atoms with E-state index in [-0.39, 0.29) is 0 Å². The molecule has 0 amide bonds. The molecule has 0 radical (unpaired) electrons. The van der Waals surface area contributed by atoms with Crippen LogP contribution in [0.2, 0.25) is 0 Å². The van der Waals surface area contributed by atoms with Gasteiger partial charge in [-0.3, -0.25) is 0 Å². The number of aromatic hydroxyl groups is 1. The maximum atomic E-state index is 10.1. The van der Waals surface area contributed by atoms with Crippen LogP contribution >= 0.6 is 0 Å². The molecule has 2 heteroatoms. The van der Waals surface area contributed by atoms with Gasteiger partial charge in [0.2, 0.25) is 0 Å². The fourth-order valence-electron chi connectivity index (χ4n) is 2.80. The van der Waals surface area contributed by atoms with Gasteiger partial charge in [0.1, 0.15) is 5.75 Å². The van der Waals surface area contributed by atoms with E-state index in [4.69, 9.17) is 0 Å². The molecule has 1 aliphatic carbocycles. The smallest absolute Gasteiger partial charge is 0.138 e. The molecule has 0 aliphatic heterocycles. The summed E-state index contributed by atoms with van der Waals surface area (Å²) in [4.78, 5) is 4.65. The summed E-state index contributed by atoms with van der Waals surface area (Å²) in [6.07, 6.45) is 6.18. The Morgan fingerprint density at radius 1 is 1.06 bits per heavy atom. The third-order valence-corrected chi connectivity index (χ3v) is 3.72. The van der Waals surface area contributed by atoms with Gasteiger partial charge in [0.15, 0.2) is 0 Å². The Balaban J connectivity index is 2.06. The van der Waals surface area contributed by atoms with Crippen LogP contribution in [-0.4, -0.2) is 10.1 Å². The number of nitrogens with zero attached hydrogens (tertiary/aromatic N) is 1. The lowest BCUT2D eigenvalue weighted by atomic mass is 9.86. The molecule has 1 aromatic heterocycles. The first-order chi connectivity index (χ1) is 8.34. The molecule has 1 saturated carbocycles. The lowest BCUT2D eigenvalue weighted by molar-refractivity contribution is 0.407. The first-order valence-electron chi connectivity index (χ1n) is 6.43. The molecule has 1 heterocycles. The third-order valence-electron chi connectivity index (χ3n) is 3.72. The van der Waals surface area contributed by atoms with Crippen molar-refractivity contribution < 1.29 is 5.11 Å². The summed E-state index contributed by atoms with van der Waals surface area (Å²) in [5, 5.41) is 11.1. The van der Waals surface area contributed by atoms with E-state index in [2.05, 4.69) is 4.98 Å². The molecular formula is C15H17NO. The van der Waals surface area contributed by atoms with E-state index in [1.807, 2.05) is 30.3 Å². The van der Waals surface area contributed by atoms with Crippen LogP contribution in [-0.2, 0) is 0 Å². The highest BCUT2D eigenvalue weighted by Gasteiger charge is 2.20. The number of para-hydroxylation sites is 1. The number of benzene rings is 1. The second-order valence-corrected chi connectivity index (χ2v) is 4.92. The zero-order valence-electron chi connectivity index (χ0n) is 9.89. The summed E-state index contributed by atoms with van der Waals surface area (Å²) in [7, 11) is 0. The Hall–Kier alpha value is -1.57. The van der Waals surface area contributed by atoms with Crippen LogP contribution in [0, 0.1) is 0 Å². The number of pyridine rings is 1. The fourth-order valence-corrected chi connectivity index (χ4v) is 2.80. The highest BCUT2D eigenvalue weighted by molar-refractivity contribution is 5.80. The van der Waals surface area contributed by atoms with Crippen molar-refractivity contribution in [2.45, 2.75) is 38.0 Å². The van der Waals surface area contributed by atoms with Crippen LogP contribution in [0.25, 0.3) is 10.9 Å². The topological polar surface area (TPSA) is 33.1 Å². The molecule has 2 nitrogen and oxygen atoms in total. The standard InChI is InChI=1S/C15H17NO/c17-14-10-12-8-4-5-9-13(12)16-15(14)11-6-2-1-3-7-11/h4-5,8-11,17H,1-3,6-7H2. The average Bonchev–Trinajstić information content (AvgIpc) is 2.39. The number of fused-ring (bicyclic) bond motifs is 1. The lowest BCUT2D eigenvalue weighted by Gasteiger charge is -2.22. The highest BCUT2D eigenvalue weighted by atomic mass is 16.3. The molecule has 1 fully saturated rings. The van der Waals surface area contributed by atoms with Crippen LogP contribution in [0.5, 0.6) is 5.75 Å². The van der Waals surface area contributed by atoms with Crippen molar-refractivity contribution in [3.05, 3.63) is 36.0 Å². The molecule has 0 unspecified atom stereocenters. The van der Waals surface area contributed by atoms with E-state index in [0.29, 0.717) is 11.7 Å². The molecule has 0 atom stereocenters. The van der Waals surface area contributed by atoms with E-state index in [1.54, 1.807) is 0 Å². The minimum Gasteiger partial charge on any atom is -0.506 e. The summed E-state index contributed by atoms with van der Waals surface area (Å²) < 4.78 is 0. The minimum atomic E-state index is 0.371. The number of aromatic nitrogens is 1. The van der Waals surface area contributed by atoms with E-state index in [0.717, 1.165) is 16.6 Å². The molecule has 17 heavy (non-hydrogen) atoms. The maximum absolute atomic E-state index is 10.1. The monoisotopic (exact) mass is 227 g/mol. The normalized spacial score (nSPS) is 17.4. The molecule has 0 spiro atoms. The van der Waals surface area contributed by atoms with E-state index < -0.39 is 0 Å². The average molecular weight is 227 g/mol. The molecule has 0 saturated heterocycles. The molecule has 2 aromatic rings. The first kappa shape index (κ1) is 10.6. The minimum absolute atomic E-state index is 0.371. The Labute approximate surface area is 101 Å². The molecule has 1 aliphatic rings.